The Bertz CT molecular complexity index is 233. The molecule has 0 heterocycles. The highest BCUT2D eigenvalue weighted by atomic mass is 16.7. The first-order chi connectivity index (χ1) is 6.76. The number of nitrogens with zero attached hydrogens (tertiary/aromatic N) is 1. The third-order valence-corrected chi connectivity index (χ3v) is 1.25. The van der Waals surface area contributed by atoms with Crippen LogP contribution in [0.2, 0.25) is 0 Å². The van der Waals surface area contributed by atoms with Gasteiger partial charge in [-0.25, -0.2) is 9.59 Å². The van der Waals surface area contributed by atoms with Crippen LogP contribution in [0.3, 0.4) is 0 Å². The number of carbonyl (C=O) groups excluding carboxylic acids is 2. The average molecular weight is 219 g/mol. The summed E-state index contributed by atoms with van der Waals surface area (Å²) in [5, 5.41) is 0.849. The summed E-state index contributed by atoms with van der Waals surface area (Å²) in [6, 6.07) is 0. The Labute approximate surface area is 89.0 Å². The van der Waals surface area contributed by atoms with E-state index < -0.39 is 17.7 Å². The van der Waals surface area contributed by atoms with Crippen LogP contribution in [0.5, 0.6) is 0 Å². The molecule has 6 nitrogen and oxygen atoms in total. The van der Waals surface area contributed by atoms with Gasteiger partial charge in [0.05, 0.1) is 7.11 Å². The molecule has 0 rings (SSSR count). The van der Waals surface area contributed by atoms with Gasteiger partial charge in [0, 0.05) is 7.05 Å². The molecule has 0 N–H and O–H groups in total. The van der Waals surface area contributed by atoms with Gasteiger partial charge >= 0.3 is 12.1 Å². The van der Waals surface area contributed by atoms with Gasteiger partial charge in [-0.15, -0.1) is 0 Å². The molecule has 15 heavy (non-hydrogen) atoms. The van der Waals surface area contributed by atoms with Crippen molar-refractivity contribution in [3.05, 3.63) is 0 Å². The van der Waals surface area contributed by atoms with Crippen molar-refractivity contribution in [3.63, 3.8) is 0 Å². The van der Waals surface area contributed by atoms with Crippen molar-refractivity contribution in [1.29, 1.82) is 0 Å². The second-order valence-corrected chi connectivity index (χ2v) is 3.83. The molecule has 0 bridgehead atoms. The van der Waals surface area contributed by atoms with Gasteiger partial charge in [0.15, 0.2) is 6.61 Å². The Morgan fingerprint density at radius 3 is 2.20 bits per heavy atom. The number of hydrogen-bond acceptors (Lipinski definition) is 5. The summed E-state index contributed by atoms with van der Waals surface area (Å²) in [7, 11) is 2.59. The van der Waals surface area contributed by atoms with Crippen LogP contribution in [-0.4, -0.2) is 43.5 Å². The van der Waals surface area contributed by atoms with Crippen LogP contribution < -0.4 is 0 Å². The summed E-state index contributed by atoms with van der Waals surface area (Å²) >= 11 is 0. The maximum atomic E-state index is 11.3. The molecule has 6 heteroatoms. The van der Waals surface area contributed by atoms with Crippen molar-refractivity contribution in [1.82, 2.24) is 5.06 Å². The first-order valence-electron chi connectivity index (χ1n) is 4.42. The monoisotopic (exact) mass is 219 g/mol. The fourth-order valence-electron chi connectivity index (χ4n) is 0.587. The number of ether oxygens (including phenoxy) is 2. The number of hydrogen-bond donors (Lipinski definition) is 0. The van der Waals surface area contributed by atoms with Crippen molar-refractivity contribution < 1.29 is 23.9 Å². The molecule has 0 aromatic carbocycles. The molecule has 1 amide bonds. The fraction of sp³-hybridized carbons (Fsp3) is 0.778. The Balaban J connectivity index is 3.95. The zero-order valence-corrected chi connectivity index (χ0v) is 9.70. The maximum Gasteiger partial charge on any atom is 0.434 e. The van der Waals surface area contributed by atoms with Crippen molar-refractivity contribution in [2.24, 2.45) is 0 Å². The molecule has 0 saturated carbocycles. The van der Waals surface area contributed by atoms with Gasteiger partial charge in [0.25, 0.3) is 0 Å². The molecule has 0 atom stereocenters. The zero-order valence-electron chi connectivity index (χ0n) is 9.70. The average Bonchev–Trinajstić information content (AvgIpc) is 2.10. The predicted octanol–water partition coefficient (Wildman–Crippen LogP) is 0.958. The molecule has 0 aromatic rings. The molecule has 0 fully saturated rings. The predicted molar refractivity (Wildman–Crippen MR) is 52.0 cm³/mol. The first kappa shape index (κ1) is 13.7. The first-order valence-corrected chi connectivity index (χ1v) is 4.42. The Hall–Kier alpha value is -1.30. The van der Waals surface area contributed by atoms with E-state index in [1.54, 1.807) is 20.8 Å². The van der Waals surface area contributed by atoms with Gasteiger partial charge in [-0.05, 0) is 20.8 Å². The minimum absolute atomic E-state index is 0.327. The lowest BCUT2D eigenvalue weighted by Crippen LogP contribution is -2.35. The van der Waals surface area contributed by atoms with Crippen LogP contribution in [0.25, 0.3) is 0 Å². The lowest BCUT2D eigenvalue weighted by Gasteiger charge is -2.23. The topological polar surface area (TPSA) is 65.1 Å². The highest BCUT2D eigenvalue weighted by Gasteiger charge is 2.20. The molecule has 0 unspecified atom stereocenters. The van der Waals surface area contributed by atoms with Gasteiger partial charge in [-0.1, -0.05) is 0 Å². The molecule has 0 aliphatic rings. The summed E-state index contributed by atoms with van der Waals surface area (Å²) < 4.78 is 9.31. The third kappa shape index (κ3) is 6.73. The number of hydroxylamine groups is 2. The smallest absolute Gasteiger partial charge is 0.434 e. The van der Waals surface area contributed by atoms with Crippen LogP contribution in [0.15, 0.2) is 0 Å². The van der Waals surface area contributed by atoms with Crippen LogP contribution in [0, 0.1) is 0 Å². The van der Waals surface area contributed by atoms with E-state index >= 15 is 0 Å². The third-order valence-electron chi connectivity index (χ3n) is 1.25. The number of carbonyl (C=O) groups is 2. The minimum Gasteiger partial charge on any atom is -0.467 e. The minimum atomic E-state index is -0.661. The number of rotatable bonds is 3. The summed E-state index contributed by atoms with van der Waals surface area (Å²) in [5.41, 5.74) is -0.597. The van der Waals surface area contributed by atoms with E-state index in [1.165, 1.54) is 14.2 Å². The van der Waals surface area contributed by atoms with Gasteiger partial charge in [-0.3, -0.25) is 4.84 Å². The largest absolute Gasteiger partial charge is 0.467 e. The van der Waals surface area contributed by atoms with Gasteiger partial charge < -0.3 is 9.47 Å². The van der Waals surface area contributed by atoms with Crippen LogP contribution in [0.1, 0.15) is 20.8 Å². The molecule has 0 saturated heterocycles. The second kappa shape index (κ2) is 5.55. The van der Waals surface area contributed by atoms with Crippen molar-refractivity contribution in [2.75, 3.05) is 20.8 Å². The van der Waals surface area contributed by atoms with Crippen molar-refractivity contribution in [3.8, 4) is 0 Å². The maximum absolute atomic E-state index is 11.3. The van der Waals surface area contributed by atoms with Crippen LogP contribution in [-0.2, 0) is 19.1 Å². The highest BCUT2D eigenvalue weighted by Crippen LogP contribution is 2.08. The van der Waals surface area contributed by atoms with E-state index in [9.17, 15) is 9.59 Å². The summed E-state index contributed by atoms with van der Waals surface area (Å²) in [6.07, 6.45) is -0.661. The van der Waals surface area contributed by atoms with E-state index in [0.717, 1.165) is 5.06 Å². The van der Waals surface area contributed by atoms with Crippen molar-refractivity contribution >= 4 is 12.1 Å². The molecule has 0 aromatic heterocycles. The SMILES string of the molecule is COC(=O)CON(C)C(=O)OC(C)(C)C. The van der Waals surface area contributed by atoms with Gasteiger partial charge in [0.1, 0.15) is 5.60 Å². The van der Waals surface area contributed by atoms with E-state index in [2.05, 4.69) is 4.74 Å². The lowest BCUT2D eigenvalue weighted by atomic mass is 10.2. The lowest BCUT2D eigenvalue weighted by molar-refractivity contribution is -0.168. The number of methoxy groups -OCH3 is 1. The summed E-state index contributed by atoms with van der Waals surface area (Å²) in [5.74, 6) is -0.564. The van der Waals surface area contributed by atoms with E-state index in [4.69, 9.17) is 9.57 Å². The molecule has 0 aliphatic carbocycles. The molecule has 0 radical (unpaired) electrons. The van der Waals surface area contributed by atoms with Gasteiger partial charge in [0.2, 0.25) is 0 Å². The normalized spacial score (nSPS) is 10.7. The van der Waals surface area contributed by atoms with E-state index in [0.29, 0.717) is 0 Å². The highest BCUT2D eigenvalue weighted by molar-refractivity contribution is 5.71. The molecule has 0 aliphatic heterocycles. The molecule has 88 valence electrons. The Morgan fingerprint density at radius 1 is 1.27 bits per heavy atom. The second-order valence-electron chi connectivity index (χ2n) is 3.83. The van der Waals surface area contributed by atoms with Crippen LogP contribution in [0.4, 0.5) is 4.79 Å². The fourth-order valence-corrected chi connectivity index (χ4v) is 0.587. The standard InChI is InChI=1S/C9H17NO5/c1-9(2,3)15-8(12)10(4)14-6-7(11)13-5/h6H2,1-5H3. The number of esters is 1. The molecule has 0 spiro atoms. The molecular formula is C9H17NO5. The Morgan fingerprint density at radius 2 is 1.80 bits per heavy atom. The van der Waals surface area contributed by atoms with E-state index in [1.807, 2.05) is 0 Å². The zero-order chi connectivity index (χ0) is 12.1. The molecular weight excluding hydrogens is 202 g/mol. The Kier molecular flexibility index (Phi) is 5.07. The van der Waals surface area contributed by atoms with Gasteiger partial charge in [-0.2, -0.15) is 5.06 Å². The quantitative estimate of drug-likeness (QED) is 0.522. The van der Waals surface area contributed by atoms with Crippen molar-refractivity contribution in [2.45, 2.75) is 26.4 Å². The summed E-state index contributed by atoms with van der Waals surface area (Å²) in [4.78, 5) is 26.8. The van der Waals surface area contributed by atoms with E-state index in [-0.39, 0.29) is 6.61 Å². The number of amides is 1. The summed E-state index contributed by atoms with van der Waals surface area (Å²) in [6.45, 7) is 4.88. The van der Waals surface area contributed by atoms with Crippen LogP contribution >= 0.6 is 0 Å².